The summed E-state index contributed by atoms with van der Waals surface area (Å²) in [5.74, 6) is 0.649. The molecule has 3 nitrogen and oxygen atoms in total. The zero-order valence-corrected chi connectivity index (χ0v) is 11.3. The lowest BCUT2D eigenvalue weighted by Crippen LogP contribution is -2.28. The van der Waals surface area contributed by atoms with Crippen molar-refractivity contribution < 1.29 is 9.53 Å². The smallest absolute Gasteiger partial charge is 0.306 e. The van der Waals surface area contributed by atoms with Crippen molar-refractivity contribution >= 4 is 5.97 Å². The number of unbranched alkanes of at least 4 members (excludes halogenated alkanes) is 1. The summed E-state index contributed by atoms with van der Waals surface area (Å²) in [6.45, 7) is 6.37. The van der Waals surface area contributed by atoms with Gasteiger partial charge in [-0.25, -0.2) is 0 Å². The van der Waals surface area contributed by atoms with E-state index >= 15 is 0 Å². The van der Waals surface area contributed by atoms with Crippen LogP contribution in [0.2, 0.25) is 0 Å². The van der Waals surface area contributed by atoms with Crippen molar-refractivity contribution in [1.82, 2.24) is 4.90 Å². The Hall–Kier alpha value is -0.570. The molecular weight excluding hydrogens is 202 g/mol. The number of ether oxygens (including phenoxy) is 1. The first kappa shape index (κ1) is 15.4. The Morgan fingerprint density at radius 3 is 2.56 bits per heavy atom. The first-order valence-electron chi connectivity index (χ1n) is 6.39. The topological polar surface area (TPSA) is 29.5 Å². The van der Waals surface area contributed by atoms with Gasteiger partial charge in [0.1, 0.15) is 0 Å². The van der Waals surface area contributed by atoms with Gasteiger partial charge in [-0.15, -0.1) is 0 Å². The quantitative estimate of drug-likeness (QED) is 0.569. The molecule has 0 aliphatic heterocycles. The Bertz CT molecular complexity index is 183. The lowest BCUT2D eigenvalue weighted by molar-refractivity contribution is -0.140. The molecule has 0 bridgehead atoms. The van der Waals surface area contributed by atoms with Crippen LogP contribution in [0.4, 0.5) is 0 Å². The van der Waals surface area contributed by atoms with Crippen molar-refractivity contribution in [3.8, 4) is 0 Å². The van der Waals surface area contributed by atoms with E-state index in [1.54, 1.807) is 0 Å². The molecule has 0 saturated carbocycles. The third-order valence-electron chi connectivity index (χ3n) is 3.04. The number of hydrogen-bond acceptors (Lipinski definition) is 3. The maximum Gasteiger partial charge on any atom is 0.306 e. The van der Waals surface area contributed by atoms with Crippen LogP contribution >= 0.6 is 0 Å². The number of carbonyl (C=O) groups is 1. The zero-order chi connectivity index (χ0) is 12.4. The molecule has 0 aliphatic carbocycles. The van der Waals surface area contributed by atoms with Gasteiger partial charge in [-0.3, -0.25) is 4.79 Å². The Morgan fingerprint density at radius 1 is 1.38 bits per heavy atom. The van der Waals surface area contributed by atoms with Crippen LogP contribution in [0.25, 0.3) is 0 Å². The van der Waals surface area contributed by atoms with E-state index in [-0.39, 0.29) is 5.97 Å². The van der Waals surface area contributed by atoms with Gasteiger partial charge in [0.15, 0.2) is 0 Å². The van der Waals surface area contributed by atoms with E-state index in [0.717, 1.165) is 19.0 Å². The summed E-state index contributed by atoms with van der Waals surface area (Å²) >= 11 is 0. The van der Waals surface area contributed by atoms with Crippen LogP contribution in [0.1, 0.15) is 46.0 Å². The summed E-state index contributed by atoms with van der Waals surface area (Å²) in [5, 5.41) is 0. The summed E-state index contributed by atoms with van der Waals surface area (Å²) in [5.41, 5.74) is 0. The molecule has 0 aliphatic rings. The number of hydrogen-bond donors (Lipinski definition) is 0. The first-order valence-corrected chi connectivity index (χ1v) is 6.39. The standard InChI is InChI=1S/C13H27NO2/c1-5-7-8-12(6-2)11-14(3)10-9-13(15)16-4/h12H,5-11H2,1-4H3. The lowest BCUT2D eigenvalue weighted by atomic mass is 9.99. The van der Waals surface area contributed by atoms with Crippen molar-refractivity contribution in [2.24, 2.45) is 5.92 Å². The SMILES string of the molecule is CCCCC(CC)CN(C)CCC(=O)OC. The molecule has 1 atom stereocenters. The fraction of sp³-hybridized carbons (Fsp3) is 0.923. The van der Waals surface area contributed by atoms with Crippen LogP contribution in [0.5, 0.6) is 0 Å². The number of nitrogens with zero attached hydrogens (tertiary/aromatic N) is 1. The molecule has 0 aromatic heterocycles. The average molecular weight is 229 g/mol. The second-order valence-corrected chi connectivity index (χ2v) is 4.50. The number of esters is 1. The molecular formula is C13H27NO2. The Morgan fingerprint density at radius 2 is 2.06 bits per heavy atom. The van der Waals surface area contributed by atoms with Crippen LogP contribution in [0, 0.1) is 5.92 Å². The highest BCUT2D eigenvalue weighted by Crippen LogP contribution is 2.13. The second kappa shape index (κ2) is 9.64. The number of carbonyl (C=O) groups excluding carboxylic acids is 1. The van der Waals surface area contributed by atoms with Crippen molar-refractivity contribution in [3.63, 3.8) is 0 Å². The minimum absolute atomic E-state index is 0.117. The summed E-state index contributed by atoms with van der Waals surface area (Å²) in [4.78, 5) is 13.2. The van der Waals surface area contributed by atoms with E-state index in [1.165, 1.54) is 32.8 Å². The van der Waals surface area contributed by atoms with Crippen molar-refractivity contribution in [2.75, 3.05) is 27.2 Å². The summed E-state index contributed by atoms with van der Waals surface area (Å²) in [6, 6.07) is 0. The summed E-state index contributed by atoms with van der Waals surface area (Å²) in [7, 11) is 3.52. The van der Waals surface area contributed by atoms with Gasteiger partial charge in [-0.1, -0.05) is 33.1 Å². The molecule has 1 unspecified atom stereocenters. The summed E-state index contributed by atoms with van der Waals surface area (Å²) in [6.07, 6.45) is 5.60. The van der Waals surface area contributed by atoms with Gasteiger partial charge in [0.25, 0.3) is 0 Å². The van der Waals surface area contributed by atoms with Gasteiger partial charge in [-0.05, 0) is 19.4 Å². The zero-order valence-electron chi connectivity index (χ0n) is 11.3. The maximum atomic E-state index is 11.0. The Labute approximate surface area is 100 Å². The van der Waals surface area contributed by atoms with Crippen LogP contribution in [0.15, 0.2) is 0 Å². The van der Waals surface area contributed by atoms with Gasteiger partial charge >= 0.3 is 5.97 Å². The molecule has 0 fully saturated rings. The third kappa shape index (κ3) is 7.69. The van der Waals surface area contributed by atoms with E-state index in [1.807, 2.05) is 0 Å². The minimum atomic E-state index is -0.117. The molecule has 0 aromatic rings. The monoisotopic (exact) mass is 229 g/mol. The van der Waals surface area contributed by atoms with Crippen molar-refractivity contribution in [2.45, 2.75) is 46.0 Å². The third-order valence-corrected chi connectivity index (χ3v) is 3.04. The molecule has 0 N–H and O–H groups in total. The molecule has 0 radical (unpaired) electrons. The molecule has 3 heteroatoms. The summed E-state index contributed by atoms with van der Waals surface area (Å²) < 4.78 is 4.63. The molecule has 0 aromatic carbocycles. The fourth-order valence-electron chi connectivity index (χ4n) is 1.83. The van der Waals surface area contributed by atoms with Gasteiger partial charge in [0.2, 0.25) is 0 Å². The van der Waals surface area contributed by atoms with Gasteiger partial charge < -0.3 is 9.64 Å². The predicted molar refractivity (Wildman–Crippen MR) is 67.4 cm³/mol. The molecule has 0 saturated heterocycles. The van der Waals surface area contributed by atoms with Gasteiger partial charge in [-0.2, -0.15) is 0 Å². The minimum Gasteiger partial charge on any atom is -0.469 e. The fourth-order valence-corrected chi connectivity index (χ4v) is 1.83. The Kier molecular flexibility index (Phi) is 9.30. The van der Waals surface area contributed by atoms with E-state index < -0.39 is 0 Å². The second-order valence-electron chi connectivity index (χ2n) is 4.50. The van der Waals surface area contributed by atoms with Crippen LogP contribution in [0.3, 0.4) is 0 Å². The average Bonchev–Trinajstić information content (AvgIpc) is 2.31. The first-order chi connectivity index (χ1) is 7.63. The van der Waals surface area contributed by atoms with Crippen molar-refractivity contribution in [3.05, 3.63) is 0 Å². The van der Waals surface area contributed by atoms with Gasteiger partial charge in [0, 0.05) is 13.1 Å². The van der Waals surface area contributed by atoms with E-state index in [0.29, 0.717) is 6.42 Å². The highest BCUT2D eigenvalue weighted by atomic mass is 16.5. The largest absolute Gasteiger partial charge is 0.469 e. The van der Waals surface area contributed by atoms with E-state index in [9.17, 15) is 4.79 Å². The highest BCUT2D eigenvalue weighted by Gasteiger charge is 2.10. The van der Waals surface area contributed by atoms with Crippen LogP contribution in [-0.4, -0.2) is 38.1 Å². The normalized spacial score (nSPS) is 12.8. The van der Waals surface area contributed by atoms with Crippen molar-refractivity contribution in [1.29, 1.82) is 0 Å². The van der Waals surface area contributed by atoms with E-state index in [4.69, 9.17) is 0 Å². The number of methoxy groups -OCH3 is 1. The Balaban J connectivity index is 3.73. The number of rotatable bonds is 9. The molecule has 0 rings (SSSR count). The van der Waals surface area contributed by atoms with Gasteiger partial charge in [0.05, 0.1) is 13.5 Å². The van der Waals surface area contributed by atoms with Crippen LogP contribution in [-0.2, 0) is 9.53 Å². The lowest BCUT2D eigenvalue weighted by Gasteiger charge is -2.22. The maximum absolute atomic E-state index is 11.0. The van der Waals surface area contributed by atoms with E-state index in [2.05, 4.69) is 30.5 Å². The van der Waals surface area contributed by atoms with Crippen LogP contribution < -0.4 is 0 Å². The highest BCUT2D eigenvalue weighted by molar-refractivity contribution is 5.69. The molecule has 96 valence electrons. The molecule has 0 amide bonds. The predicted octanol–water partition coefficient (Wildman–Crippen LogP) is 2.70. The molecule has 0 heterocycles. The molecule has 0 spiro atoms. The molecule has 16 heavy (non-hydrogen) atoms.